The molecular formula is C16H20N4O7S2. The van der Waals surface area contributed by atoms with Crippen LogP contribution in [0.1, 0.15) is 21.9 Å². The first kappa shape index (κ1) is 22.5. The number of nitrogens with zero attached hydrogens (tertiary/aromatic N) is 2. The highest BCUT2D eigenvalue weighted by Crippen LogP contribution is 2.22. The van der Waals surface area contributed by atoms with Crippen molar-refractivity contribution in [2.45, 2.75) is 18.4 Å². The molecule has 0 unspecified atom stereocenters. The van der Waals surface area contributed by atoms with Crippen LogP contribution in [-0.2, 0) is 36.1 Å². The van der Waals surface area contributed by atoms with Gasteiger partial charge in [-0.15, -0.1) is 11.3 Å². The van der Waals surface area contributed by atoms with Gasteiger partial charge in [0.2, 0.25) is 0 Å². The Labute approximate surface area is 171 Å². The van der Waals surface area contributed by atoms with Crippen LogP contribution >= 0.6 is 11.3 Å². The SMILES string of the molecule is COC(=O)c1sccc1NC(=O)COC(=O)CCNS(=O)(=O)c1cn(C)c(C)n1. The number of carbonyl (C=O) groups is 3. The van der Waals surface area contributed by atoms with Gasteiger partial charge in [-0.05, 0) is 18.4 Å². The van der Waals surface area contributed by atoms with Gasteiger partial charge < -0.3 is 19.4 Å². The molecule has 2 N–H and O–H groups in total. The van der Waals surface area contributed by atoms with E-state index >= 15 is 0 Å². The van der Waals surface area contributed by atoms with Crippen molar-refractivity contribution in [1.82, 2.24) is 14.3 Å². The van der Waals surface area contributed by atoms with E-state index < -0.39 is 34.5 Å². The number of methoxy groups -OCH3 is 1. The summed E-state index contributed by atoms with van der Waals surface area (Å²) in [4.78, 5) is 39.3. The number of imidazole rings is 1. The third kappa shape index (κ3) is 6.10. The van der Waals surface area contributed by atoms with Gasteiger partial charge in [0, 0.05) is 19.8 Å². The maximum atomic E-state index is 12.1. The van der Waals surface area contributed by atoms with Crippen molar-refractivity contribution >= 4 is 44.9 Å². The van der Waals surface area contributed by atoms with E-state index in [2.05, 4.69) is 19.8 Å². The van der Waals surface area contributed by atoms with Gasteiger partial charge in [-0.1, -0.05) is 0 Å². The van der Waals surface area contributed by atoms with Crippen molar-refractivity contribution in [3.05, 3.63) is 28.3 Å². The van der Waals surface area contributed by atoms with Crippen molar-refractivity contribution in [2.75, 3.05) is 25.6 Å². The van der Waals surface area contributed by atoms with Gasteiger partial charge in [0.05, 0.1) is 19.2 Å². The molecule has 2 aromatic heterocycles. The number of aromatic nitrogens is 2. The number of sulfonamides is 1. The van der Waals surface area contributed by atoms with Crippen LogP contribution in [-0.4, -0.2) is 56.1 Å². The van der Waals surface area contributed by atoms with E-state index in [1.807, 2.05) is 0 Å². The summed E-state index contributed by atoms with van der Waals surface area (Å²) in [5.74, 6) is -1.48. The second-order valence-corrected chi connectivity index (χ2v) is 8.38. The molecule has 1 amide bonds. The monoisotopic (exact) mass is 444 g/mol. The zero-order chi connectivity index (χ0) is 21.6. The van der Waals surface area contributed by atoms with Gasteiger partial charge in [0.1, 0.15) is 10.7 Å². The third-order valence-corrected chi connectivity index (χ3v) is 5.88. The third-order valence-electron chi connectivity index (χ3n) is 3.66. The van der Waals surface area contributed by atoms with E-state index in [-0.39, 0.29) is 28.6 Å². The molecule has 0 aliphatic carbocycles. The van der Waals surface area contributed by atoms with Gasteiger partial charge in [0.15, 0.2) is 11.6 Å². The molecule has 0 radical (unpaired) electrons. The zero-order valence-corrected chi connectivity index (χ0v) is 17.6. The first-order chi connectivity index (χ1) is 13.6. The minimum absolute atomic E-state index is 0.151. The molecule has 0 bridgehead atoms. The molecule has 0 saturated heterocycles. The Morgan fingerprint density at radius 3 is 2.66 bits per heavy atom. The van der Waals surface area contributed by atoms with Crippen molar-refractivity contribution in [3.63, 3.8) is 0 Å². The number of esters is 2. The van der Waals surface area contributed by atoms with Gasteiger partial charge in [-0.2, -0.15) is 0 Å². The number of amides is 1. The molecule has 158 valence electrons. The fourth-order valence-electron chi connectivity index (χ4n) is 2.08. The number of hydrogen-bond donors (Lipinski definition) is 2. The second-order valence-electron chi connectivity index (χ2n) is 5.75. The predicted molar refractivity (Wildman–Crippen MR) is 103 cm³/mol. The molecule has 11 nitrogen and oxygen atoms in total. The van der Waals surface area contributed by atoms with E-state index in [0.29, 0.717) is 5.82 Å². The van der Waals surface area contributed by atoms with Crippen molar-refractivity contribution in [3.8, 4) is 0 Å². The molecule has 0 saturated carbocycles. The van der Waals surface area contributed by atoms with Gasteiger partial charge >= 0.3 is 11.9 Å². The number of hydrogen-bond acceptors (Lipinski definition) is 9. The van der Waals surface area contributed by atoms with Crippen molar-refractivity contribution in [2.24, 2.45) is 7.05 Å². The van der Waals surface area contributed by atoms with E-state index in [1.165, 1.54) is 19.4 Å². The highest BCUT2D eigenvalue weighted by Gasteiger charge is 2.19. The highest BCUT2D eigenvalue weighted by atomic mass is 32.2. The average molecular weight is 444 g/mol. The van der Waals surface area contributed by atoms with E-state index in [0.717, 1.165) is 11.3 Å². The summed E-state index contributed by atoms with van der Waals surface area (Å²) in [7, 11) is -0.969. The van der Waals surface area contributed by atoms with Crippen molar-refractivity contribution < 1.29 is 32.3 Å². The van der Waals surface area contributed by atoms with Crippen LogP contribution in [0.15, 0.2) is 22.7 Å². The molecular weight excluding hydrogens is 424 g/mol. The summed E-state index contributed by atoms with van der Waals surface area (Å²) >= 11 is 1.09. The molecule has 0 atom stereocenters. The van der Waals surface area contributed by atoms with Crippen LogP contribution in [0.5, 0.6) is 0 Å². The van der Waals surface area contributed by atoms with E-state index in [9.17, 15) is 22.8 Å². The molecule has 0 aliphatic heterocycles. The predicted octanol–water partition coefficient (Wildman–Crippen LogP) is 0.427. The Morgan fingerprint density at radius 1 is 1.31 bits per heavy atom. The van der Waals surface area contributed by atoms with E-state index in [1.54, 1.807) is 23.9 Å². The van der Waals surface area contributed by atoms with Gasteiger partial charge in [0.25, 0.3) is 15.9 Å². The maximum absolute atomic E-state index is 12.1. The molecule has 0 aliphatic rings. The molecule has 2 heterocycles. The lowest BCUT2D eigenvalue weighted by Gasteiger charge is -2.07. The summed E-state index contributed by atoms with van der Waals surface area (Å²) in [5.41, 5.74) is 0.251. The number of aryl methyl sites for hydroxylation is 2. The molecule has 0 fully saturated rings. The minimum atomic E-state index is -3.85. The molecule has 2 rings (SSSR count). The Morgan fingerprint density at radius 2 is 2.03 bits per heavy atom. The summed E-state index contributed by atoms with van der Waals surface area (Å²) in [6, 6.07) is 1.52. The lowest BCUT2D eigenvalue weighted by Crippen LogP contribution is -2.28. The van der Waals surface area contributed by atoms with Crippen LogP contribution < -0.4 is 10.0 Å². The number of anilines is 1. The Hall–Kier alpha value is -2.77. The van der Waals surface area contributed by atoms with Gasteiger partial charge in [-0.25, -0.2) is 22.9 Å². The Balaban J connectivity index is 1.76. The second kappa shape index (κ2) is 9.62. The van der Waals surface area contributed by atoms with Crippen LogP contribution in [0.2, 0.25) is 0 Å². The number of carbonyl (C=O) groups excluding carboxylic acids is 3. The quantitative estimate of drug-likeness (QED) is 0.530. The fraction of sp³-hybridized carbons (Fsp3) is 0.375. The first-order valence-electron chi connectivity index (χ1n) is 8.25. The highest BCUT2D eigenvalue weighted by molar-refractivity contribution is 7.89. The largest absolute Gasteiger partial charge is 0.465 e. The average Bonchev–Trinajstić information content (AvgIpc) is 3.26. The zero-order valence-electron chi connectivity index (χ0n) is 15.9. The number of rotatable bonds is 9. The summed E-state index contributed by atoms with van der Waals surface area (Å²) in [5, 5.41) is 3.89. The molecule has 2 aromatic rings. The summed E-state index contributed by atoms with van der Waals surface area (Å²) in [6.07, 6.45) is 1.08. The Bertz CT molecular complexity index is 991. The molecule has 0 aromatic carbocycles. The van der Waals surface area contributed by atoms with Crippen LogP contribution in [0.4, 0.5) is 5.69 Å². The topological polar surface area (TPSA) is 146 Å². The summed E-state index contributed by atoms with van der Waals surface area (Å²) in [6.45, 7) is 0.864. The molecule has 29 heavy (non-hydrogen) atoms. The molecule has 13 heteroatoms. The minimum Gasteiger partial charge on any atom is -0.465 e. The normalized spacial score (nSPS) is 11.1. The lowest BCUT2D eigenvalue weighted by atomic mass is 10.4. The van der Waals surface area contributed by atoms with Crippen LogP contribution in [0.3, 0.4) is 0 Å². The number of nitrogens with one attached hydrogen (secondary N) is 2. The lowest BCUT2D eigenvalue weighted by molar-refractivity contribution is -0.147. The summed E-state index contributed by atoms with van der Waals surface area (Å²) < 4.78 is 37.4. The Kier molecular flexibility index (Phi) is 7.47. The fourth-order valence-corrected chi connectivity index (χ4v) is 3.91. The van der Waals surface area contributed by atoms with E-state index in [4.69, 9.17) is 4.74 Å². The maximum Gasteiger partial charge on any atom is 0.350 e. The van der Waals surface area contributed by atoms with Crippen LogP contribution in [0.25, 0.3) is 0 Å². The first-order valence-corrected chi connectivity index (χ1v) is 10.6. The standard InChI is InChI=1S/C16H20N4O7S2/c1-10-18-13(8-20(10)2)29(24,25)17-6-4-14(22)27-9-12(21)19-11-5-7-28-15(11)16(23)26-3/h5,7-8,17H,4,6,9H2,1-3H3,(H,19,21). The number of ether oxygens (including phenoxy) is 2. The number of thiophene rings is 1. The smallest absolute Gasteiger partial charge is 0.350 e. The molecule has 0 spiro atoms. The van der Waals surface area contributed by atoms with Crippen molar-refractivity contribution in [1.29, 1.82) is 0 Å². The van der Waals surface area contributed by atoms with Gasteiger partial charge in [-0.3, -0.25) is 9.59 Å². The van der Waals surface area contributed by atoms with Crippen LogP contribution in [0, 0.1) is 6.92 Å².